The summed E-state index contributed by atoms with van der Waals surface area (Å²) in [5.41, 5.74) is 0. The Morgan fingerprint density at radius 3 is 2.39 bits per heavy atom. The van der Waals surface area contributed by atoms with E-state index < -0.39 is 0 Å². The van der Waals surface area contributed by atoms with Gasteiger partial charge in [0.1, 0.15) is 0 Å². The molecular formula is C16H34N2. The zero-order chi connectivity index (χ0) is 13.4. The second kappa shape index (κ2) is 8.92. The summed E-state index contributed by atoms with van der Waals surface area (Å²) in [5.74, 6) is 1.75. The van der Waals surface area contributed by atoms with Crippen LogP contribution in [-0.2, 0) is 0 Å². The van der Waals surface area contributed by atoms with Crippen LogP contribution in [0.3, 0.4) is 0 Å². The average Bonchev–Trinajstić information content (AvgIpc) is 2.35. The van der Waals surface area contributed by atoms with Crippen LogP contribution in [0.25, 0.3) is 0 Å². The quantitative estimate of drug-likeness (QED) is 0.667. The highest BCUT2D eigenvalue weighted by atomic mass is 15.1. The Bertz CT molecular complexity index is 195. The first-order valence-corrected chi connectivity index (χ1v) is 8.09. The molecule has 18 heavy (non-hydrogen) atoms. The van der Waals surface area contributed by atoms with E-state index in [0.29, 0.717) is 6.04 Å². The zero-order valence-corrected chi connectivity index (χ0v) is 13.0. The largest absolute Gasteiger partial charge is 0.314 e. The van der Waals surface area contributed by atoms with E-state index in [0.717, 1.165) is 11.8 Å². The number of hydrogen-bond acceptors (Lipinski definition) is 2. The van der Waals surface area contributed by atoms with Gasteiger partial charge < -0.3 is 10.2 Å². The maximum absolute atomic E-state index is 3.74. The molecule has 0 aliphatic carbocycles. The van der Waals surface area contributed by atoms with Crippen molar-refractivity contribution in [3.63, 3.8) is 0 Å². The van der Waals surface area contributed by atoms with E-state index in [1.54, 1.807) is 0 Å². The van der Waals surface area contributed by atoms with Crippen molar-refractivity contribution >= 4 is 0 Å². The molecule has 0 radical (unpaired) electrons. The van der Waals surface area contributed by atoms with Gasteiger partial charge in [0.15, 0.2) is 0 Å². The minimum Gasteiger partial charge on any atom is -0.314 e. The SMILES string of the molecule is CCCN1CCC(C(C)NCCCC(C)C)CC1. The van der Waals surface area contributed by atoms with Gasteiger partial charge in [-0.15, -0.1) is 0 Å². The summed E-state index contributed by atoms with van der Waals surface area (Å²) in [7, 11) is 0. The maximum Gasteiger partial charge on any atom is 0.00679 e. The normalized spacial score (nSPS) is 20.5. The average molecular weight is 254 g/mol. The van der Waals surface area contributed by atoms with E-state index in [9.17, 15) is 0 Å². The highest BCUT2D eigenvalue weighted by molar-refractivity contribution is 4.79. The van der Waals surface area contributed by atoms with Crippen LogP contribution in [0.5, 0.6) is 0 Å². The van der Waals surface area contributed by atoms with Crippen LogP contribution >= 0.6 is 0 Å². The smallest absolute Gasteiger partial charge is 0.00679 e. The lowest BCUT2D eigenvalue weighted by Crippen LogP contribution is -2.42. The van der Waals surface area contributed by atoms with Crippen LogP contribution < -0.4 is 5.32 Å². The lowest BCUT2D eigenvalue weighted by atomic mass is 9.90. The third kappa shape index (κ3) is 6.19. The first kappa shape index (κ1) is 16.0. The molecule has 0 bridgehead atoms. The van der Waals surface area contributed by atoms with Gasteiger partial charge in [-0.25, -0.2) is 0 Å². The van der Waals surface area contributed by atoms with Gasteiger partial charge in [-0.05, 0) is 77.0 Å². The molecule has 0 amide bonds. The van der Waals surface area contributed by atoms with Gasteiger partial charge in [-0.2, -0.15) is 0 Å². The maximum atomic E-state index is 3.74. The number of hydrogen-bond donors (Lipinski definition) is 1. The Balaban J connectivity index is 2.10. The summed E-state index contributed by atoms with van der Waals surface area (Å²) in [6.45, 7) is 14.4. The first-order valence-electron chi connectivity index (χ1n) is 8.09. The summed E-state index contributed by atoms with van der Waals surface area (Å²) in [6.07, 6.45) is 6.76. The summed E-state index contributed by atoms with van der Waals surface area (Å²) in [5, 5.41) is 3.74. The molecule has 0 aromatic carbocycles. The van der Waals surface area contributed by atoms with Gasteiger partial charge >= 0.3 is 0 Å². The Morgan fingerprint density at radius 1 is 1.17 bits per heavy atom. The lowest BCUT2D eigenvalue weighted by Gasteiger charge is -2.35. The van der Waals surface area contributed by atoms with E-state index in [-0.39, 0.29) is 0 Å². The van der Waals surface area contributed by atoms with E-state index >= 15 is 0 Å². The summed E-state index contributed by atoms with van der Waals surface area (Å²) >= 11 is 0. The van der Waals surface area contributed by atoms with Gasteiger partial charge in [-0.3, -0.25) is 0 Å². The van der Waals surface area contributed by atoms with Gasteiger partial charge in [0.25, 0.3) is 0 Å². The third-order valence-corrected chi connectivity index (χ3v) is 4.30. The molecule has 2 nitrogen and oxygen atoms in total. The number of nitrogens with zero attached hydrogens (tertiary/aromatic N) is 1. The van der Waals surface area contributed by atoms with Crippen molar-refractivity contribution in [1.29, 1.82) is 0 Å². The first-order chi connectivity index (χ1) is 8.63. The number of likely N-dealkylation sites (tertiary alicyclic amines) is 1. The van der Waals surface area contributed by atoms with E-state index in [4.69, 9.17) is 0 Å². The van der Waals surface area contributed by atoms with Crippen LogP contribution in [0.15, 0.2) is 0 Å². The standard InChI is InChI=1S/C16H34N2/c1-5-11-18-12-8-16(9-13-18)15(4)17-10-6-7-14(2)3/h14-17H,5-13H2,1-4H3. The van der Waals surface area contributed by atoms with Crippen LogP contribution in [-0.4, -0.2) is 37.1 Å². The van der Waals surface area contributed by atoms with Gasteiger partial charge in [0.05, 0.1) is 0 Å². The summed E-state index contributed by atoms with van der Waals surface area (Å²) in [4.78, 5) is 2.63. The van der Waals surface area contributed by atoms with Crippen molar-refractivity contribution < 1.29 is 0 Å². The van der Waals surface area contributed by atoms with Crippen molar-refractivity contribution in [3.8, 4) is 0 Å². The molecule has 1 rings (SSSR count). The molecule has 1 N–H and O–H groups in total. The molecule has 1 aliphatic rings. The molecule has 2 heteroatoms. The lowest BCUT2D eigenvalue weighted by molar-refractivity contribution is 0.162. The van der Waals surface area contributed by atoms with Crippen molar-refractivity contribution in [2.24, 2.45) is 11.8 Å². The van der Waals surface area contributed by atoms with Crippen molar-refractivity contribution in [2.45, 2.75) is 65.8 Å². The van der Waals surface area contributed by atoms with Crippen molar-refractivity contribution in [2.75, 3.05) is 26.2 Å². The van der Waals surface area contributed by atoms with Crippen LogP contribution in [0.2, 0.25) is 0 Å². The molecule has 0 saturated carbocycles. The van der Waals surface area contributed by atoms with Crippen LogP contribution in [0.1, 0.15) is 59.8 Å². The minimum absolute atomic E-state index is 0.709. The third-order valence-electron chi connectivity index (χ3n) is 4.30. The van der Waals surface area contributed by atoms with Gasteiger partial charge in [-0.1, -0.05) is 20.8 Å². The molecule has 1 heterocycles. The molecule has 1 saturated heterocycles. The van der Waals surface area contributed by atoms with Crippen molar-refractivity contribution in [3.05, 3.63) is 0 Å². The summed E-state index contributed by atoms with van der Waals surface area (Å²) < 4.78 is 0. The Hall–Kier alpha value is -0.0800. The second-order valence-electron chi connectivity index (χ2n) is 6.46. The molecule has 1 unspecified atom stereocenters. The van der Waals surface area contributed by atoms with Crippen LogP contribution in [0.4, 0.5) is 0 Å². The second-order valence-corrected chi connectivity index (χ2v) is 6.46. The Morgan fingerprint density at radius 2 is 1.83 bits per heavy atom. The molecule has 0 aromatic rings. The molecular weight excluding hydrogens is 220 g/mol. The highest BCUT2D eigenvalue weighted by Gasteiger charge is 2.22. The molecule has 0 aromatic heterocycles. The fourth-order valence-electron chi connectivity index (χ4n) is 3.00. The minimum atomic E-state index is 0.709. The van der Waals surface area contributed by atoms with E-state index in [1.807, 2.05) is 0 Å². The molecule has 1 aliphatic heterocycles. The number of piperidine rings is 1. The zero-order valence-electron chi connectivity index (χ0n) is 13.0. The highest BCUT2D eigenvalue weighted by Crippen LogP contribution is 2.20. The van der Waals surface area contributed by atoms with Crippen LogP contribution in [0, 0.1) is 11.8 Å². The van der Waals surface area contributed by atoms with Gasteiger partial charge in [0, 0.05) is 6.04 Å². The summed E-state index contributed by atoms with van der Waals surface area (Å²) in [6, 6.07) is 0.709. The molecule has 1 atom stereocenters. The van der Waals surface area contributed by atoms with Gasteiger partial charge in [0.2, 0.25) is 0 Å². The van der Waals surface area contributed by atoms with E-state index in [2.05, 4.69) is 37.9 Å². The molecule has 108 valence electrons. The fraction of sp³-hybridized carbons (Fsp3) is 1.00. The Labute approximate surface area is 115 Å². The fourth-order valence-corrected chi connectivity index (χ4v) is 3.00. The predicted octanol–water partition coefficient (Wildman–Crippen LogP) is 3.52. The monoisotopic (exact) mass is 254 g/mol. The number of nitrogens with one attached hydrogen (secondary N) is 1. The predicted molar refractivity (Wildman–Crippen MR) is 81.0 cm³/mol. The Kier molecular flexibility index (Phi) is 7.92. The number of rotatable bonds is 8. The van der Waals surface area contributed by atoms with E-state index in [1.165, 1.54) is 58.3 Å². The molecule has 1 fully saturated rings. The molecule has 0 spiro atoms. The topological polar surface area (TPSA) is 15.3 Å². The van der Waals surface area contributed by atoms with Crippen molar-refractivity contribution in [1.82, 2.24) is 10.2 Å².